The molecule has 0 aromatic carbocycles. The molecular weight excluding hydrogens is 409 g/mol. The van der Waals surface area contributed by atoms with Crippen molar-refractivity contribution in [2.75, 3.05) is 39.8 Å². The van der Waals surface area contributed by atoms with Crippen molar-refractivity contribution in [3.8, 4) is 0 Å². The lowest BCUT2D eigenvalue weighted by Crippen LogP contribution is -2.47. The van der Waals surface area contributed by atoms with Crippen LogP contribution in [0.1, 0.15) is 30.7 Å². The third-order valence-electron chi connectivity index (χ3n) is 5.65. The largest absolute Gasteiger partial charge is 0.511 e. The summed E-state index contributed by atoms with van der Waals surface area (Å²) < 4.78 is 63.4. The molecule has 164 valence electrons. The number of nitrogens with zero attached hydrogens (tertiary/aromatic N) is 5. The molecule has 2 aliphatic heterocycles. The van der Waals surface area contributed by atoms with Crippen LogP contribution in [0.15, 0.2) is 17.4 Å². The number of halogens is 3. The number of rotatable bonds is 4. The van der Waals surface area contributed by atoms with Crippen LogP contribution in [-0.4, -0.2) is 78.6 Å². The molecule has 0 amide bonds. The van der Waals surface area contributed by atoms with E-state index in [-0.39, 0.29) is 19.0 Å². The number of guanidine groups is 1. The smallest absolute Gasteiger partial charge is 0.356 e. The number of aliphatic imine (C=N–C) groups is 1. The van der Waals surface area contributed by atoms with Crippen LogP contribution < -0.4 is 5.32 Å². The van der Waals surface area contributed by atoms with Gasteiger partial charge in [0.1, 0.15) is 0 Å². The van der Waals surface area contributed by atoms with Crippen LogP contribution in [0.4, 0.5) is 13.2 Å². The van der Waals surface area contributed by atoms with E-state index in [0.29, 0.717) is 29.6 Å². The van der Waals surface area contributed by atoms with E-state index in [0.717, 1.165) is 25.5 Å². The van der Waals surface area contributed by atoms with E-state index in [4.69, 9.17) is 0 Å². The maximum absolute atomic E-state index is 12.7. The second-order valence-electron chi connectivity index (χ2n) is 7.60. The topological polar surface area (TPSA) is 82.8 Å². The Morgan fingerprint density at radius 2 is 1.97 bits per heavy atom. The Labute approximate surface area is 168 Å². The SMILES string of the molecule is CN=C(NCC1CCN(S(=O)(=O)C(F)(F)F)CC1)N1CCC(c2cnn(C)c2)C1. The van der Waals surface area contributed by atoms with Gasteiger partial charge in [0.05, 0.1) is 6.20 Å². The van der Waals surface area contributed by atoms with Gasteiger partial charge in [-0.1, -0.05) is 0 Å². The number of alkyl halides is 3. The molecule has 0 bridgehead atoms. The van der Waals surface area contributed by atoms with E-state index in [1.165, 1.54) is 5.56 Å². The first-order valence-corrected chi connectivity index (χ1v) is 11.1. The number of nitrogens with one attached hydrogen (secondary N) is 1. The third-order valence-corrected chi connectivity index (χ3v) is 7.28. The Kier molecular flexibility index (Phi) is 6.42. The van der Waals surface area contributed by atoms with E-state index in [2.05, 4.69) is 20.3 Å². The van der Waals surface area contributed by atoms with Gasteiger partial charge in [-0.05, 0) is 30.7 Å². The fraction of sp³-hybridized carbons (Fsp3) is 0.765. The summed E-state index contributed by atoms with van der Waals surface area (Å²) in [6.45, 7) is 2.02. The first-order valence-electron chi connectivity index (χ1n) is 9.62. The molecular formula is C17H27F3N6O2S. The fourth-order valence-corrected chi connectivity index (χ4v) is 4.93. The van der Waals surface area contributed by atoms with Crippen LogP contribution in [0, 0.1) is 5.92 Å². The lowest BCUT2D eigenvalue weighted by Gasteiger charge is -2.32. The summed E-state index contributed by atoms with van der Waals surface area (Å²) >= 11 is 0. The molecule has 1 unspecified atom stereocenters. The minimum absolute atomic E-state index is 0.100. The molecule has 0 aliphatic carbocycles. The van der Waals surface area contributed by atoms with E-state index in [1.54, 1.807) is 11.7 Å². The van der Waals surface area contributed by atoms with Gasteiger partial charge in [0.2, 0.25) is 0 Å². The van der Waals surface area contributed by atoms with Gasteiger partial charge in [0.15, 0.2) is 5.96 Å². The monoisotopic (exact) mass is 436 g/mol. The van der Waals surface area contributed by atoms with E-state index < -0.39 is 15.5 Å². The number of hydrogen-bond donors (Lipinski definition) is 1. The van der Waals surface area contributed by atoms with Crippen LogP contribution in [0.5, 0.6) is 0 Å². The average molecular weight is 437 g/mol. The summed E-state index contributed by atoms with van der Waals surface area (Å²) in [5.74, 6) is 1.25. The lowest BCUT2D eigenvalue weighted by molar-refractivity contribution is -0.0496. The molecule has 12 heteroatoms. The van der Waals surface area contributed by atoms with Gasteiger partial charge in [-0.25, -0.2) is 8.42 Å². The molecule has 3 heterocycles. The summed E-state index contributed by atoms with van der Waals surface area (Å²) in [6.07, 6.45) is 5.68. The Bertz CT molecular complexity index is 830. The van der Waals surface area contributed by atoms with Crippen molar-refractivity contribution in [2.45, 2.75) is 30.7 Å². The lowest BCUT2D eigenvalue weighted by atomic mass is 9.98. The van der Waals surface area contributed by atoms with Gasteiger partial charge < -0.3 is 10.2 Å². The molecule has 29 heavy (non-hydrogen) atoms. The molecule has 0 spiro atoms. The zero-order chi connectivity index (χ0) is 21.2. The van der Waals surface area contributed by atoms with E-state index in [9.17, 15) is 21.6 Å². The van der Waals surface area contributed by atoms with E-state index in [1.807, 2.05) is 19.4 Å². The molecule has 2 saturated heterocycles. The number of piperidine rings is 1. The van der Waals surface area contributed by atoms with Crippen molar-refractivity contribution >= 4 is 16.0 Å². The molecule has 8 nitrogen and oxygen atoms in total. The highest BCUT2D eigenvalue weighted by Crippen LogP contribution is 2.30. The second kappa shape index (κ2) is 8.50. The van der Waals surface area contributed by atoms with Gasteiger partial charge in [0, 0.05) is 58.9 Å². The minimum Gasteiger partial charge on any atom is -0.356 e. The summed E-state index contributed by atoms with van der Waals surface area (Å²) in [4.78, 5) is 6.50. The molecule has 3 rings (SSSR count). The zero-order valence-electron chi connectivity index (χ0n) is 16.6. The van der Waals surface area contributed by atoms with Gasteiger partial charge in [-0.2, -0.15) is 22.6 Å². The van der Waals surface area contributed by atoms with E-state index >= 15 is 0 Å². The van der Waals surface area contributed by atoms with Gasteiger partial charge in [-0.15, -0.1) is 0 Å². The summed E-state index contributed by atoms with van der Waals surface area (Å²) in [5.41, 5.74) is -4.04. The molecule has 1 aromatic rings. The van der Waals surface area contributed by atoms with Crippen molar-refractivity contribution in [3.05, 3.63) is 18.0 Å². The Hall–Kier alpha value is -1.82. The van der Waals surface area contributed by atoms with Crippen LogP contribution in [0.3, 0.4) is 0 Å². The van der Waals surface area contributed by atoms with Crippen molar-refractivity contribution in [1.82, 2.24) is 24.3 Å². The molecule has 2 aliphatic rings. The molecule has 0 saturated carbocycles. The highest BCUT2D eigenvalue weighted by molar-refractivity contribution is 7.90. The summed E-state index contributed by atoms with van der Waals surface area (Å²) in [7, 11) is -1.63. The normalized spacial score (nSPS) is 23.0. The molecule has 1 atom stereocenters. The first kappa shape index (κ1) is 21.9. The van der Waals surface area contributed by atoms with Crippen LogP contribution >= 0.6 is 0 Å². The highest BCUT2D eigenvalue weighted by atomic mass is 32.2. The predicted molar refractivity (Wildman–Crippen MR) is 103 cm³/mol. The Morgan fingerprint density at radius 1 is 1.28 bits per heavy atom. The highest BCUT2D eigenvalue weighted by Gasteiger charge is 2.50. The number of sulfonamides is 1. The third kappa shape index (κ3) is 4.85. The maximum Gasteiger partial charge on any atom is 0.511 e. The van der Waals surface area contributed by atoms with Crippen LogP contribution in [-0.2, 0) is 17.1 Å². The second-order valence-corrected chi connectivity index (χ2v) is 9.53. The maximum atomic E-state index is 12.7. The molecule has 1 N–H and O–H groups in total. The molecule has 0 radical (unpaired) electrons. The van der Waals surface area contributed by atoms with Gasteiger partial charge >= 0.3 is 15.5 Å². The van der Waals surface area contributed by atoms with Crippen LogP contribution in [0.25, 0.3) is 0 Å². The number of aromatic nitrogens is 2. The Balaban J connectivity index is 1.48. The standard InChI is InChI=1S/C17H27F3N6O2S/c1-21-16(25-6-5-14(12-25)15-10-23-24(2)11-15)22-9-13-3-7-26(8-4-13)29(27,28)17(18,19)20/h10-11,13-14H,3-9,12H2,1-2H3,(H,21,22). The minimum atomic E-state index is -5.24. The van der Waals surface area contributed by atoms with Crippen molar-refractivity contribution in [2.24, 2.45) is 18.0 Å². The predicted octanol–water partition coefficient (Wildman–Crippen LogP) is 1.35. The molecule has 2 fully saturated rings. The molecule has 1 aromatic heterocycles. The number of hydrogen-bond acceptors (Lipinski definition) is 4. The van der Waals surface area contributed by atoms with Crippen molar-refractivity contribution < 1.29 is 21.6 Å². The average Bonchev–Trinajstić information content (AvgIpc) is 3.31. The quantitative estimate of drug-likeness (QED) is 0.569. The van der Waals surface area contributed by atoms with Gasteiger partial charge in [0.25, 0.3) is 0 Å². The first-order chi connectivity index (χ1) is 13.6. The summed E-state index contributed by atoms with van der Waals surface area (Å²) in [6, 6.07) is 0. The zero-order valence-corrected chi connectivity index (χ0v) is 17.4. The van der Waals surface area contributed by atoms with Gasteiger partial charge in [-0.3, -0.25) is 9.67 Å². The van der Waals surface area contributed by atoms with Crippen LogP contribution in [0.2, 0.25) is 0 Å². The van der Waals surface area contributed by atoms with Crippen molar-refractivity contribution in [3.63, 3.8) is 0 Å². The number of likely N-dealkylation sites (tertiary alicyclic amines) is 1. The fourth-order valence-electron chi connectivity index (χ4n) is 3.94. The number of aryl methyl sites for hydroxylation is 1. The summed E-state index contributed by atoms with van der Waals surface area (Å²) in [5, 5.41) is 7.53. The Morgan fingerprint density at radius 3 is 2.52 bits per heavy atom. The van der Waals surface area contributed by atoms with Crippen molar-refractivity contribution in [1.29, 1.82) is 0 Å².